The van der Waals surface area contributed by atoms with E-state index in [1.807, 2.05) is 100 Å². The summed E-state index contributed by atoms with van der Waals surface area (Å²) in [5, 5.41) is 10.3. The third-order valence-corrected chi connectivity index (χ3v) is 11.1. The van der Waals surface area contributed by atoms with E-state index in [9.17, 15) is 19.2 Å². The third-order valence-electron chi connectivity index (χ3n) is 11.1. The van der Waals surface area contributed by atoms with Crippen LogP contribution in [0.15, 0.2) is 97.1 Å². The van der Waals surface area contributed by atoms with Crippen LogP contribution >= 0.6 is 0 Å². The van der Waals surface area contributed by atoms with Gasteiger partial charge in [0.2, 0.25) is 11.8 Å². The topological polar surface area (TPSA) is 129 Å². The number of rotatable bonds is 13. The van der Waals surface area contributed by atoms with Gasteiger partial charge in [-0.2, -0.15) is 0 Å². The molecule has 11 heteroatoms. The van der Waals surface area contributed by atoms with Crippen molar-refractivity contribution in [1.82, 2.24) is 20.4 Å². The van der Waals surface area contributed by atoms with Crippen LogP contribution in [0, 0.1) is 0 Å². The molecular formula is C47H57N5O6. The lowest BCUT2D eigenvalue weighted by atomic mass is 9.87. The molecule has 4 aromatic rings. The van der Waals surface area contributed by atoms with Gasteiger partial charge in [0.05, 0.1) is 24.8 Å². The molecular weight excluding hydrogens is 731 g/mol. The Morgan fingerprint density at radius 3 is 2.21 bits per heavy atom. The molecule has 11 nitrogen and oxygen atoms in total. The van der Waals surface area contributed by atoms with Gasteiger partial charge in [0, 0.05) is 44.8 Å². The zero-order valence-corrected chi connectivity index (χ0v) is 34.5. The Kier molecular flexibility index (Phi) is 13.5. The van der Waals surface area contributed by atoms with Crippen molar-refractivity contribution in [2.24, 2.45) is 0 Å². The molecule has 1 aliphatic carbocycles. The smallest absolute Gasteiger partial charge is 0.410 e. The number of nitrogens with one attached hydrogen (secondary N) is 3. The number of methoxy groups -OCH3 is 1. The molecule has 0 aromatic heterocycles. The first-order valence-electron chi connectivity index (χ1n) is 20.2. The summed E-state index contributed by atoms with van der Waals surface area (Å²) in [6.45, 7) is 8.59. The maximum atomic E-state index is 15.0. The number of nitrogens with zero attached hydrogens (tertiary/aromatic N) is 2. The zero-order valence-electron chi connectivity index (χ0n) is 34.5. The molecule has 2 aliphatic rings. The summed E-state index contributed by atoms with van der Waals surface area (Å²) in [5.74, 6) is -0.708. The van der Waals surface area contributed by atoms with Gasteiger partial charge in [-0.25, -0.2) is 9.59 Å². The molecule has 0 saturated carbocycles. The zero-order chi connectivity index (χ0) is 41.4. The van der Waals surface area contributed by atoms with Crippen molar-refractivity contribution in [3.8, 4) is 0 Å². The molecule has 6 rings (SSSR count). The lowest BCUT2D eigenvalue weighted by molar-refractivity contribution is -0.143. The summed E-state index contributed by atoms with van der Waals surface area (Å²) in [4.78, 5) is 57.4. The van der Waals surface area contributed by atoms with E-state index in [-0.39, 0.29) is 29.9 Å². The largest absolute Gasteiger partial charge is 0.465 e. The van der Waals surface area contributed by atoms with Crippen LogP contribution in [0.4, 0.5) is 10.5 Å². The number of anilines is 1. The van der Waals surface area contributed by atoms with E-state index in [0.29, 0.717) is 38.0 Å². The van der Waals surface area contributed by atoms with Gasteiger partial charge in [0.15, 0.2) is 0 Å². The third kappa shape index (κ3) is 10.6. The molecule has 1 heterocycles. The highest BCUT2D eigenvalue weighted by atomic mass is 16.6. The highest BCUT2D eigenvalue weighted by molar-refractivity contribution is 5.91. The molecule has 1 aliphatic heterocycles. The number of amides is 3. The van der Waals surface area contributed by atoms with Crippen molar-refractivity contribution in [3.05, 3.63) is 136 Å². The molecule has 0 spiro atoms. The van der Waals surface area contributed by atoms with Gasteiger partial charge in [-0.3, -0.25) is 9.59 Å². The average molecular weight is 788 g/mol. The lowest BCUT2D eigenvalue weighted by Crippen LogP contribution is -2.58. The van der Waals surface area contributed by atoms with E-state index in [0.717, 1.165) is 52.8 Å². The number of aryl methyl sites for hydroxylation is 1. The van der Waals surface area contributed by atoms with Gasteiger partial charge < -0.3 is 35.2 Å². The number of hydrogen-bond acceptors (Lipinski definition) is 8. The van der Waals surface area contributed by atoms with Crippen LogP contribution in [0.2, 0.25) is 0 Å². The van der Waals surface area contributed by atoms with Gasteiger partial charge in [0.1, 0.15) is 11.6 Å². The molecule has 0 radical (unpaired) electrons. The SMILES string of the molecule is COC(=O)c1ccc(CNc2ccc(C[C@H](NC[C@H](C)N(C)C(=O)OC(C)(C)C)C(=O)N3Cc4ccccc4C[C@H]3C(=O)N[C@@H]3CCCc4ccccc43)cc2)cc1. The van der Waals surface area contributed by atoms with Crippen LogP contribution < -0.4 is 16.0 Å². The van der Waals surface area contributed by atoms with Gasteiger partial charge in [0.25, 0.3) is 0 Å². The van der Waals surface area contributed by atoms with E-state index < -0.39 is 23.8 Å². The Labute approximate surface area is 342 Å². The second kappa shape index (κ2) is 18.7. The van der Waals surface area contributed by atoms with E-state index >= 15 is 0 Å². The number of carbonyl (C=O) groups is 4. The highest BCUT2D eigenvalue weighted by Gasteiger charge is 2.39. The lowest BCUT2D eigenvalue weighted by Gasteiger charge is -2.39. The van der Waals surface area contributed by atoms with Gasteiger partial charge in [-0.15, -0.1) is 0 Å². The first kappa shape index (κ1) is 41.9. The summed E-state index contributed by atoms with van der Waals surface area (Å²) < 4.78 is 10.4. The molecule has 3 N–H and O–H groups in total. The van der Waals surface area contributed by atoms with E-state index in [2.05, 4.69) is 28.1 Å². The maximum Gasteiger partial charge on any atom is 0.410 e. The standard InChI is InChI=1S/C47H57N5O6/c1-31(51(5)46(56)58-47(2,3)4)28-49-41(26-32-20-24-38(25-21-32)48-29-33-18-22-35(23-19-33)45(55)57-6)44(54)52-30-37-14-8-7-13-36(37)27-42(52)43(53)50-40-17-11-15-34-12-9-10-16-39(34)40/h7-10,12-14,16,18-25,31,40-42,48-49H,11,15,17,26-30H2,1-6H3,(H,50,53)/t31-,40+,41-,42-/m0/s1. The van der Waals surface area contributed by atoms with Crippen LogP contribution in [0.25, 0.3) is 0 Å². The Morgan fingerprint density at radius 1 is 0.862 bits per heavy atom. The number of likely N-dealkylation sites (N-methyl/N-ethyl adjacent to an activating group) is 1. The molecule has 306 valence electrons. The predicted molar refractivity (Wildman–Crippen MR) is 225 cm³/mol. The number of hydrogen-bond donors (Lipinski definition) is 3. The fraction of sp³-hybridized carbons (Fsp3) is 0.404. The van der Waals surface area contributed by atoms with Crippen LogP contribution in [-0.2, 0) is 51.4 Å². The van der Waals surface area contributed by atoms with E-state index in [1.54, 1.807) is 29.0 Å². The Bertz CT molecular complexity index is 2060. The predicted octanol–water partition coefficient (Wildman–Crippen LogP) is 6.99. The van der Waals surface area contributed by atoms with Crippen LogP contribution in [0.5, 0.6) is 0 Å². The molecule has 4 atom stereocenters. The Hall–Kier alpha value is -5.68. The molecule has 0 saturated heterocycles. The van der Waals surface area contributed by atoms with Crippen LogP contribution in [-0.4, -0.2) is 78.1 Å². The van der Waals surface area contributed by atoms with Gasteiger partial charge in [-0.1, -0.05) is 72.8 Å². The molecule has 0 unspecified atom stereocenters. The minimum absolute atomic E-state index is 0.115. The summed E-state index contributed by atoms with van der Waals surface area (Å²) in [7, 11) is 3.06. The Morgan fingerprint density at radius 2 is 1.52 bits per heavy atom. The number of carbonyl (C=O) groups excluding carboxylic acids is 4. The van der Waals surface area contributed by atoms with Crippen molar-refractivity contribution >= 4 is 29.6 Å². The summed E-state index contributed by atoms with van der Waals surface area (Å²) >= 11 is 0. The molecule has 0 fully saturated rings. The monoisotopic (exact) mass is 787 g/mol. The van der Waals surface area contributed by atoms with Crippen LogP contribution in [0.1, 0.15) is 90.3 Å². The molecule has 0 bridgehead atoms. The number of esters is 1. The minimum Gasteiger partial charge on any atom is -0.465 e. The highest BCUT2D eigenvalue weighted by Crippen LogP contribution is 2.31. The minimum atomic E-state index is -0.698. The first-order valence-corrected chi connectivity index (χ1v) is 20.2. The second-order valence-corrected chi connectivity index (χ2v) is 16.5. The normalized spacial score (nSPS) is 17.2. The summed E-state index contributed by atoms with van der Waals surface area (Å²) in [6, 6.07) is 29.7. The van der Waals surface area contributed by atoms with Crippen molar-refractivity contribution < 1.29 is 28.7 Å². The van der Waals surface area contributed by atoms with Crippen molar-refractivity contribution in [2.75, 3.05) is 26.0 Å². The fourth-order valence-electron chi connectivity index (χ4n) is 7.65. The van der Waals surface area contributed by atoms with Gasteiger partial charge in [-0.05, 0) is 111 Å². The van der Waals surface area contributed by atoms with Crippen molar-refractivity contribution in [3.63, 3.8) is 0 Å². The molecule has 58 heavy (non-hydrogen) atoms. The summed E-state index contributed by atoms with van der Waals surface area (Å²) in [6.07, 6.45) is 3.15. The van der Waals surface area contributed by atoms with E-state index in [1.165, 1.54) is 12.7 Å². The molecule has 3 amide bonds. The van der Waals surface area contributed by atoms with Crippen LogP contribution in [0.3, 0.4) is 0 Å². The molecule has 4 aromatic carbocycles. The summed E-state index contributed by atoms with van der Waals surface area (Å²) in [5.41, 5.74) is 7.18. The van der Waals surface area contributed by atoms with Crippen molar-refractivity contribution in [1.29, 1.82) is 0 Å². The average Bonchev–Trinajstić information content (AvgIpc) is 3.23. The van der Waals surface area contributed by atoms with E-state index in [4.69, 9.17) is 9.47 Å². The number of ether oxygens (including phenoxy) is 2. The van der Waals surface area contributed by atoms with Crippen molar-refractivity contribution in [2.45, 2.75) is 103 Å². The quantitative estimate of drug-likeness (QED) is 0.124. The Balaban J connectivity index is 1.21. The fourth-order valence-corrected chi connectivity index (χ4v) is 7.65. The number of benzene rings is 4. The first-order chi connectivity index (χ1) is 27.8. The number of fused-ring (bicyclic) bond motifs is 2. The maximum absolute atomic E-state index is 15.0. The second-order valence-electron chi connectivity index (χ2n) is 16.5. The van der Waals surface area contributed by atoms with Gasteiger partial charge >= 0.3 is 12.1 Å².